The van der Waals surface area contributed by atoms with Crippen LogP contribution in [0.2, 0.25) is 5.02 Å². The zero-order valence-electron chi connectivity index (χ0n) is 16.1. The number of carbonyl (C=O) groups excluding carboxylic acids is 1. The summed E-state index contributed by atoms with van der Waals surface area (Å²) in [6, 6.07) is 7.39. The number of hydrogen-bond acceptors (Lipinski definition) is 7. The van der Waals surface area contributed by atoms with Crippen molar-refractivity contribution >= 4 is 39.9 Å². The zero-order chi connectivity index (χ0) is 20.5. The number of aromatic nitrogens is 3. The number of carbonyl (C=O) groups is 1. The fraction of sp³-hybridized carbons (Fsp3) is 0.333. The topological polar surface area (TPSA) is 85.3 Å². The van der Waals surface area contributed by atoms with Crippen molar-refractivity contribution in [2.24, 2.45) is 0 Å². The summed E-state index contributed by atoms with van der Waals surface area (Å²) in [5.41, 5.74) is 2.46. The molecule has 5 rings (SSSR count). The Morgan fingerprint density at radius 1 is 1.23 bits per heavy atom. The Labute approximate surface area is 181 Å². The molecule has 1 amide bonds. The third-order valence-electron chi connectivity index (χ3n) is 5.36. The molecule has 1 saturated heterocycles. The van der Waals surface area contributed by atoms with E-state index in [1.54, 1.807) is 17.4 Å². The minimum atomic E-state index is 0.105. The summed E-state index contributed by atoms with van der Waals surface area (Å²) in [5.74, 6) is 2.10. The van der Waals surface area contributed by atoms with E-state index in [-0.39, 0.29) is 11.8 Å². The standard InChI is InChI=1S/C21H19ClN4O3S/c22-15-1-2-17-16(11-15)23-21(28-17)13-5-8-26(9-6-13)19(27)4-3-18-24-20(25-29-18)14-7-10-30-12-14/h1-2,7,10-13H,3-6,8-9H2. The monoisotopic (exact) mass is 442 g/mol. The van der Waals surface area contributed by atoms with Crippen LogP contribution in [0.1, 0.15) is 37.0 Å². The Kier molecular flexibility index (Phi) is 5.26. The van der Waals surface area contributed by atoms with E-state index in [0.29, 0.717) is 42.7 Å². The molecule has 0 radical (unpaired) electrons. The summed E-state index contributed by atoms with van der Waals surface area (Å²) in [5, 5.41) is 8.57. The van der Waals surface area contributed by atoms with E-state index in [9.17, 15) is 4.79 Å². The number of benzene rings is 1. The highest BCUT2D eigenvalue weighted by atomic mass is 35.5. The maximum Gasteiger partial charge on any atom is 0.227 e. The fourth-order valence-electron chi connectivity index (χ4n) is 3.71. The molecule has 1 aliphatic heterocycles. The molecule has 3 aromatic heterocycles. The molecule has 154 valence electrons. The van der Waals surface area contributed by atoms with E-state index < -0.39 is 0 Å². The number of hydrogen-bond donors (Lipinski definition) is 0. The van der Waals surface area contributed by atoms with Crippen LogP contribution in [-0.2, 0) is 11.2 Å². The molecule has 0 aliphatic carbocycles. The number of likely N-dealkylation sites (tertiary alicyclic amines) is 1. The van der Waals surface area contributed by atoms with Crippen LogP contribution in [0.3, 0.4) is 0 Å². The lowest BCUT2D eigenvalue weighted by Gasteiger charge is -2.30. The van der Waals surface area contributed by atoms with Gasteiger partial charge in [0.25, 0.3) is 0 Å². The van der Waals surface area contributed by atoms with Gasteiger partial charge in [-0.2, -0.15) is 16.3 Å². The highest BCUT2D eigenvalue weighted by Gasteiger charge is 2.27. The minimum Gasteiger partial charge on any atom is -0.440 e. The molecule has 9 heteroatoms. The lowest BCUT2D eigenvalue weighted by Crippen LogP contribution is -2.38. The number of thiophene rings is 1. The average molecular weight is 443 g/mol. The van der Waals surface area contributed by atoms with Gasteiger partial charge in [0.1, 0.15) is 5.52 Å². The van der Waals surface area contributed by atoms with E-state index in [0.717, 1.165) is 35.4 Å². The number of oxazole rings is 1. The molecule has 7 nitrogen and oxygen atoms in total. The lowest BCUT2D eigenvalue weighted by molar-refractivity contribution is -0.132. The van der Waals surface area contributed by atoms with Gasteiger partial charge in [-0.1, -0.05) is 16.8 Å². The number of halogens is 1. The molecular formula is C21H19ClN4O3S. The van der Waals surface area contributed by atoms with Crippen molar-refractivity contribution in [1.29, 1.82) is 0 Å². The van der Waals surface area contributed by atoms with Gasteiger partial charge in [-0.3, -0.25) is 4.79 Å². The largest absolute Gasteiger partial charge is 0.440 e. The number of piperidine rings is 1. The number of nitrogens with zero attached hydrogens (tertiary/aromatic N) is 4. The first-order valence-electron chi connectivity index (χ1n) is 9.84. The number of fused-ring (bicyclic) bond motifs is 1. The molecule has 1 aliphatic rings. The van der Waals surface area contributed by atoms with E-state index >= 15 is 0 Å². The van der Waals surface area contributed by atoms with E-state index in [1.165, 1.54) is 0 Å². The van der Waals surface area contributed by atoms with Crippen molar-refractivity contribution in [3.05, 3.63) is 51.8 Å². The zero-order valence-corrected chi connectivity index (χ0v) is 17.7. The van der Waals surface area contributed by atoms with Crippen LogP contribution < -0.4 is 0 Å². The highest BCUT2D eigenvalue weighted by molar-refractivity contribution is 7.08. The fourth-order valence-corrected chi connectivity index (χ4v) is 4.51. The number of aryl methyl sites for hydroxylation is 1. The summed E-state index contributed by atoms with van der Waals surface area (Å²) in [7, 11) is 0. The van der Waals surface area contributed by atoms with Crippen LogP contribution in [0.5, 0.6) is 0 Å². The average Bonchev–Trinajstić information content (AvgIpc) is 3.52. The number of rotatable bonds is 5. The van der Waals surface area contributed by atoms with Crippen molar-refractivity contribution in [1.82, 2.24) is 20.0 Å². The van der Waals surface area contributed by atoms with E-state index in [1.807, 2.05) is 33.9 Å². The van der Waals surface area contributed by atoms with Crippen LogP contribution in [0, 0.1) is 0 Å². The first-order valence-corrected chi connectivity index (χ1v) is 11.2. The number of amides is 1. The van der Waals surface area contributed by atoms with E-state index in [2.05, 4.69) is 15.1 Å². The Hall–Kier alpha value is -2.71. The van der Waals surface area contributed by atoms with Crippen LogP contribution in [0.15, 0.2) is 44.0 Å². The maximum atomic E-state index is 12.6. The second-order valence-electron chi connectivity index (χ2n) is 7.34. The smallest absolute Gasteiger partial charge is 0.227 e. The summed E-state index contributed by atoms with van der Waals surface area (Å²) in [4.78, 5) is 23.5. The maximum absolute atomic E-state index is 12.6. The van der Waals surface area contributed by atoms with Crippen molar-refractivity contribution < 1.29 is 13.7 Å². The molecular weight excluding hydrogens is 424 g/mol. The van der Waals surface area contributed by atoms with E-state index in [4.69, 9.17) is 20.5 Å². The minimum absolute atomic E-state index is 0.105. The molecule has 0 N–H and O–H groups in total. The van der Waals surface area contributed by atoms with Crippen molar-refractivity contribution in [2.45, 2.75) is 31.6 Å². The van der Waals surface area contributed by atoms with Gasteiger partial charge < -0.3 is 13.8 Å². The molecule has 0 unspecified atom stereocenters. The van der Waals surface area contributed by atoms with Crippen LogP contribution >= 0.6 is 22.9 Å². The van der Waals surface area contributed by atoms with Gasteiger partial charge in [0, 0.05) is 47.8 Å². The second-order valence-corrected chi connectivity index (χ2v) is 8.56. The summed E-state index contributed by atoms with van der Waals surface area (Å²) in [6.45, 7) is 1.37. The normalized spacial score (nSPS) is 15.2. The van der Waals surface area contributed by atoms with Gasteiger partial charge in [-0.25, -0.2) is 4.98 Å². The lowest BCUT2D eigenvalue weighted by atomic mass is 9.96. The summed E-state index contributed by atoms with van der Waals surface area (Å²) >= 11 is 7.61. The van der Waals surface area contributed by atoms with Crippen molar-refractivity contribution in [3.8, 4) is 11.4 Å². The van der Waals surface area contributed by atoms with Gasteiger partial charge >= 0.3 is 0 Å². The third-order valence-corrected chi connectivity index (χ3v) is 6.28. The molecule has 0 atom stereocenters. The highest BCUT2D eigenvalue weighted by Crippen LogP contribution is 2.31. The van der Waals surface area contributed by atoms with Crippen LogP contribution in [0.25, 0.3) is 22.5 Å². The first-order chi connectivity index (χ1) is 14.7. The molecule has 1 aromatic carbocycles. The third kappa shape index (κ3) is 3.97. The second kappa shape index (κ2) is 8.20. The Morgan fingerprint density at radius 2 is 2.10 bits per heavy atom. The molecule has 30 heavy (non-hydrogen) atoms. The molecule has 4 heterocycles. The quantitative estimate of drug-likeness (QED) is 0.435. The van der Waals surface area contributed by atoms with Gasteiger partial charge in [0.2, 0.25) is 17.6 Å². The molecule has 0 bridgehead atoms. The Balaban J connectivity index is 1.15. The van der Waals surface area contributed by atoms with Gasteiger partial charge in [-0.05, 0) is 42.5 Å². The van der Waals surface area contributed by atoms with Gasteiger partial charge in [0.15, 0.2) is 11.5 Å². The molecule has 0 spiro atoms. The Morgan fingerprint density at radius 3 is 2.90 bits per heavy atom. The predicted molar refractivity (Wildman–Crippen MR) is 114 cm³/mol. The molecule has 4 aromatic rings. The van der Waals surface area contributed by atoms with Crippen molar-refractivity contribution in [3.63, 3.8) is 0 Å². The van der Waals surface area contributed by atoms with Crippen LogP contribution in [-0.4, -0.2) is 39.0 Å². The molecule has 0 saturated carbocycles. The summed E-state index contributed by atoms with van der Waals surface area (Å²) < 4.78 is 11.2. The first kappa shape index (κ1) is 19.3. The molecule has 1 fully saturated rings. The van der Waals surface area contributed by atoms with Gasteiger partial charge in [-0.15, -0.1) is 0 Å². The van der Waals surface area contributed by atoms with Crippen LogP contribution in [0.4, 0.5) is 0 Å². The van der Waals surface area contributed by atoms with Gasteiger partial charge in [0.05, 0.1) is 0 Å². The predicted octanol–water partition coefficient (Wildman–Crippen LogP) is 4.93. The Bertz CT molecular complexity index is 1160. The van der Waals surface area contributed by atoms with Crippen molar-refractivity contribution in [2.75, 3.05) is 13.1 Å². The summed E-state index contributed by atoms with van der Waals surface area (Å²) in [6.07, 6.45) is 2.46. The SMILES string of the molecule is O=C(CCc1nc(-c2ccsc2)no1)N1CCC(c2nc3cc(Cl)ccc3o2)CC1.